The fraction of sp³-hybridized carbons (Fsp3) is 0.463. The zero-order valence-electron chi connectivity index (χ0n) is 30.6. The van der Waals surface area contributed by atoms with E-state index in [1.54, 1.807) is 27.7 Å². The Labute approximate surface area is 306 Å². The third-order valence-electron chi connectivity index (χ3n) is 9.35. The van der Waals surface area contributed by atoms with E-state index in [4.69, 9.17) is 18.9 Å². The number of nitrogens with zero attached hydrogens (tertiary/aromatic N) is 1. The Kier molecular flexibility index (Phi) is 13.1. The van der Waals surface area contributed by atoms with Gasteiger partial charge in [-0.15, -0.1) is 0 Å². The van der Waals surface area contributed by atoms with Crippen LogP contribution in [0, 0.1) is 5.92 Å². The molecule has 2 fully saturated rings. The van der Waals surface area contributed by atoms with Crippen molar-refractivity contribution in [2.24, 2.45) is 5.92 Å². The minimum atomic E-state index is -0.823. The van der Waals surface area contributed by atoms with E-state index in [2.05, 4.69) is 15.5 Å². The normalized spacial score (nSPS) is 18.0. The minimum Gasteiger partial charge on any atom is -0.489 e. The maximum Gasteiger partial charge on any atom is 0.408 e. The number of benzene rings is 3. The van der Waals surface area contributed by atoms with Crippen molar-refractivity contribution >= 4 is 23.8 Å². The Morgan fingerprint density at radius 2 is 1.52 bits per heavy atom. The van der Waals surface area contributed by atoms with Gasteiger partial charge in [-0.2, -0.15) is 0 Å². The molecule has 2 aliphatic rings. The second kappa shape index (κ2) is 17.7. The molecule has 0 spiro atoms. The Balaban J connectivity index is 1.23. The average Bonchev–Trinajstić information content (AvgIpc) is 3.60. The highest BCUT2D eigenvalue weighted by Crippen LogP contribution is 2.34. The predicted octanol–water partition coefficient (Wildman–Crippen LogP) is 5.39. The topological polar surface area (TPSA) is 132 Å². The molecule has 3 aromatic carbocycles. The standard InChI is InChI=1S/C41H51N3O8/c1-29(43-39(48)52-40(2,3)4)37(46)42-26-41(27-49-28-41)44-21-11-16-35(44)36(45)23-33(38(47)51-25-32-14-9-6-10-15-32)22-30-17-19-34(20-18-30)50-24-31-12-7-5-8-13-31/h5-10,12-15,17-20,29,33,35H,11,16,21-28H2,1-4H3,(H,42,46)(H,43,48)/t29-,33+,35-/m0/s1. The van der Waals surface area contributed by atoms with E-state index in [1.807, 2.05) is 84.9 Å². The highest BCUT2D eigenvalue weighted by molar-refractivity contribution is 5.89. The smallest absolute Gasteiger partial charge is 0.408 e. The number of hydrogen-bond donors (Lipinski definition) is 2. The summed E-state index contributed by atoms with van der Waals surface area (Å²) in [6.07, 6.45) is 1.12. The van der Waals surface area contributed by atoms with Crippen molar-refractivity contribution in [3.8, 4) is 5.75 Å². The first kappa shape index (κ1) is 38.5. The van der Waals surface area contributed by atoms with Gasteiger partial charge in [0.1, 0.15) is 30.6 Å². The van der Waals surface area contributed by atoms with Crippen LogP contribution in [-0.2, 0) is 48.2 Å². The molecular formula is C41H51N3O8. The van der Waals surface area contributed by atoms with Crippen molar-refractivity contribution in [1.82, 2.24) is 15.5 Å². The molecule has 3 atom stereocenters. The van der Waals surface area contributed by atoms with Crippen LogP contribution in [0.5, 0.6) is 5.75 Å². The van der Waals surface area contributed by atoms with Crippen LogP contribution in [0.2, 0.25) is 0 Å². The lowest BCUT2D eigenvalue weighted by Crippen LogP contribution is -2.69. The van der Waals surface area contributed by atoms with Gasteiger partial charge in [-0.1, -0.05) is 72.8 Å². The first-order valence-electron chi connectivity index (χ1n) is 18.0. The van der Waals surface area contributed by atoms with Gasteiger partial charge in [0, 0.05) is 13.0 Å². The van der Waals surface area contributed by atoms with Crippen molar-refractivity contribution in [3.63, 3.8) is 0 Å². The summed E-state index contributed by atoms with van der Waals surface area (Å²) in [6, 6.07) is 25.7. The number of carbonyl (C=O) groups is 4. The van der Waals surface area contributed by atoms with Crippen LogP contribution in [0.4, 0.5) is 4.79 Å². The largest absolute Gasteiger partial charge is 0.489 e. The van der Waals surface area contributed by atoms with Crippen molar-refractivity contribution < 1.29 is 38.1 Å². The number of nitrogens with one attached hydrogen (secondary N) is 2. The molecule has 3 aromatic rings. The molecule has 11 nitrogen and oxygen atoms in total. The number of likely N-dealkylation sites (tertiary alicyclic amines) is 1. The molecule has 0 radical (unpaired) electrons. The number of Topliss-reactive ketones (excluding diaryl/α,β-unsaturated/α-hetero) is 1. The number of amides is 2. The van der Waals surface area contributed by atoms with Gasteiger partial charge in [-0.25, -0.2) is 4.79 Å². The molecule has 0 saturated carbocycles. The lowest BCUT2D eigenvalue weighted by Gasteiger charge is -2.50. The molecule has 2 amide bonds. The number of hydrogen-bond acceptors (Lipinski definition) is 9. The summed E-state index contributed by atoms with van der Waals surface area (Å²) in [4.78, 5) is 55.1. The molecular weight excluding hydrogens is 662 g/mol. The SMILES string of the molecule is C[C@H](NC(=O)OC(C)(C)C)C(=O)NCC1(N2CCC[C@H]2C(=O)C[C@@H](Cc2ccc(OCc3ccccc3)cc2)C(=O)OCc2ccccc2)COC1. The van der Waals surface area contributed by atoms with Crippen LogP contribution in [0.25, 0.3) is 0 Å². The number of ether oxygens (including phenoxy) is 4. The van der Waals surface area contributed by atoms with Gasteiger partial charge in [-0.05, 0) is 82.3 Å². The van der Waals surface area contributed by atoms with Gasteiger partial charge in [0.2, 0.25) is 5.91 Å². The van der Waals surface area contributed by atoms with E-state index < -0.39 is 41.2 Å². The van der Waals surface area contributed by atoms with E-state index in [0.717, 1.165) is 23.1 Å². The Bertz CT molecular complexity index is 1640. The Morgan fingerprint density at radius 3 is 2.12 bits per heavy atom. The van der Waals surface area contributed by atoms with Crippen molar-refractivity contribution in [3.05, 3.63) is 102 Å². The second-order valence-electron chi connectivity index (χ2n) is 14.7. The quantitative estimate of drug-likeness (QED) is 0.188. The maximum atomic E-state index is 14.1. The summed E-state index contributed by atoms with van der Waals surface area (Å²) in [5.41, 5.74) is 1.56. The summed E-state index contributed by atoms with van der Waals surface area (Å²) < 4.78 is 22.6. The maximum absolute atomic E-state index is 14.1. The van der Waals surface area contributed by atoms with E-state index in [0.29, 0.717) is 45.0 Å². The fourth-order valence-electron chi connectivity index (χ4n) is 6.54. The van der Waals surface area contributed by atoms with Gasteiger partial charge in [0.15, 0.2) is 5.78 Å². The van der Waals surface area contributed by atoms with Crippen LogP contribution < -0.4 is 15.4 Å². The summed E-state index contributed by atoms with van der Waals surface area (Å²) >= 11 is 0. The summed E-state index contributed by atoms with van der Waals surface area (Å²) in [5.74, 6) is -0.811. The number of carbonyl (C=O) groups excluding carboxylic acids is 4. The number of alkyl carbamates (subject to hydrolysis) is 1. The zero-order chi connectivity index (χ0) is 37.1. The van der Waals surface area contributed by atoms with E-state index in [-0.39, 0.29) is 31.3 Å². The molecule has 0 unspecified atom stereocenters. The van der Waals surface area contributed by atoms with Crippen LogP contribution in [-0.4, -0.2) is 78.2 Å². The highest BCUT2D eigenvalue weighted by atomic mass is 16.6. The van der Waals surface area contributed by atoms with E-state index in [9.17, 15) is 19.2 Å². The second-order valence-corrected chi connectivity index (χ2v) is 14.7. The van der Waals surface area contributed by atoms with Crippen LogP contribution in [0.1, 0.15) is 63.6 Å². The molecule has 2 N–H and O–H groups in total. The van der Waals surface area contributed by atoms with Gasteiger partial charge in [0.25, 0.3) is 0 Å². The van der Waals surface area contributed by atoms with Crippen molar-refractivity contribution in [2.45, 2.75) is 89.8 Å². The van der Waals surface area contributed by atoms with E-state index in [1.165, 1.54) is 0 Å². The number of rotatable bonds is 16. The lowest BCUT2D eigenvalue weighted by atomic mass is 9.88. The lowest BCUT2D eigenvalue weighted by molar-refractivity contribution is -0.158. The minimum absolute atomic E-state index is 0.0151. The summed E-state index contributed by atoms with van der Waals surface area (Å²) in [5, 5.41) is 5.52. The summed E-state index contributed by atoms with van der Waals surface area (Å²) in [7, 11) is 0. The molecule has 2 heterocycles. The van der Waals surface area contributed by atoms with E-state index >= 15 is 0 Å². The summed E-state index contributed by atoms with van der Waals surface area (Å²) in [6.45, 7) is 9.02. The van der Waals surface area contributed by atoms with Gasteiger partial charge in [-0.3, -0.25) is 19.3 Å². The van der Waals surface area contributed by atoms with Crippen LogP contribution in [0.15, 0.2) is 84.9 Å². The van der Waals surface area contributed by atoms with Gasteiger partial charge < -0.3 is 29.6 Å². The molecule has 2 saturated heterocycles. The Morgan fingerprint density at radius 1 is 0.885 bits per heavy atom. The molecule has 0 aliphatic carbocycles. The van der Waals surface area contributed by atoms with Crippen LogP contribution in [0.3, 0.4) is 0 Å². The average molecular weight is 714 g/mol. The first-order chi connectivity index (χ1) is 24.9. The van der Waals surface area contributed by atoms with Crippen molar-refractivity contribution in [1.29, 1.82) is 0 Å². The van der Waals surface area contributed by atoms with Crippen LogP contribution >= 0.6 is 0 Å². The molecule has 5 rings (SSSR count). The Hall–Kier alpha value is -4.74. The molecule has 278 valence electrons. The molecule has 11 heteroatoms. The third kappa shape index (κ3) is 10.9. The zero-order valence-corrected chi connectivity index (χ0v) is 30.6. The van der Waals surface area contributed by atoms with Crippen molar-refractivity contribution in [2.75, 3.05) is 26.3 Å². The van der Waals surface area contributed by atoms with Gasteiger partial charge in [0.05, 0.1) is 30.7 Å². The molecule has 0 bridgehead atoms. The fourth-order valence-corrected chi connectivity index (χ4v) is 6.54. The molecule has 2 aliphatic heterocycles. The number of ketones is 1. The predicted molar refractivity (Wildman–Crippen MR) is 195 cm³/mol. The number of esters is 1. The monoisotopic (exact) mass is 713 g/mol. The first-order valence-corrected chi connectivity index (χ1v) is 18.0. The highest BCUT2D eigenvalue weighted by Gasteiger charge is 2.50. The third-order valence-corrected chi connectivity index (χ3v) is 9.35. The molecule has 52 heavy (non-hydrogen) atoms. The molecule has 0 aromatic heterocycles. The van der Waals surface area contributed by atoms with Gasteiger partial charge >= 0.3 is 12.1 Å².